The molecule has 5 nitrogen and oxygen atoms in total. The van der Waals surface area contributed by atoms with E-state index in [0.717, 1.165) is 24.5 Å². The number of carbonyl (C=O) groups excluding carboxylic acids is 1. The second-order valence-corrected chi connectivity index (χ2v) is 7.51. The molecule has 1 aliphatic rings. The van der Waals surface area contributed by atoms with Gasteiger partial charge in [0.1, 0.15) is 10.6 Å². The van der Waals surface area contributed by atoms with Gasteiger partial charge in [-0.15, -0.1) is 11.3 Å². The Kier molecular flexibility index (Phi) is 4.88. The molecule has 0 saturated carbocycles. The molecule has 21 heavy (non-hydrogen) atoms. The Morgan fingerprint density at radius 1 is 1.57 bits per heavy atom. The zero-order valence-electron chi connectivity index (χ0n) is 13.5. The fraction of sp³-hybridized carbons (Fsp3) is 0.733. The largest absolute Gasteiger partial charge is 0.444 e. The number of hydrogen-bond acceptors (Lipinski definition) is 5. The molecule has 2 rings (SSSR count). The molecule has 1 amide bonds. The molecule has 0 aromatic carbocycles. The lowest BCUT2D eigenvalue weighted by molar-refractivity contribution is 0.0278. The van der Waals surface area contributed by atoms with E-state index >= 15 is 0 Å². The van der Waals surface area contributed by atoms with E-state index in [1.54, 1.807) is 16.2 Å². The van der Waals surface area contributed by atoms with Crippen molar-refractivity contribution in [1.82, 2.24) is 14.8 Å². The molecular weight excluding hydrogens is 286 g/mol. The van der Waals surface area contributed by atoms with Gasteiger partial charge >= 0.3 is 6.09 Å². The van der Waals surface area contributed by atoms with Gasteiger partial charge in [0.15, 0.2) is 0 Å². The predicted molar refractivity (Wildman–Crippen MR) is 84.5 cm³/mol. The van der Waals surface area contributed by atoms with E-state index in [1.165, 1.54) is 0 Å². The molecule has 1 aromatic heterocycles. The summed E-state index contributed by atoms with van der Waals surface area (Å²) in [4.78, 5) is 20.6. The maximum Gasteiger partial charge on any atom is 0.410 e. The summed E-state index contributed by atoms with van der Waals surface area (Å²) in [5.41, 5.74) is -0.435. The second-order valence-electron chi connectivity index (χ2n) is 6.58. The summed E-state index contributed by atoms with van der Waals surface area (Å²) in [5.74, 6) is 0. The molecule has 6 heteroatoms. The Hall–Kier alpha value is -1.14. The lowest BCUT2D eigenvalue weighted by Gasteiger charge is -2.30. The van der Waals surface area contributed by atoms with Crippen molar-refractivity contribution in [2.24, 2.45) is 0 Å². The number of ether oxygens (including phenoxy) is 1. The molecule has 0 unspecified atom stereocenters. The summed E-state index contributed by atoms with van der Waals surface area (Å²) in [6.45, 7) is 9.34. The van der Waals surface area contributed by atoms with Crippen LogP contribution in [-0.2, 0) is 4.74 Å². The number of rotatable bonds is 3. The quantitative estimate of drug-likeness (QED) is 0.860. The van der Waals surface area contributed by atoms with Crippen LogP contribution in [-0.4, -0.2) is 52.7 Å². The molecule has 0 spiro atoms. The van der Waals surface area contributed by atoms with Crippen molar-refractivity contribution in [3.05, 3.63) is 16.6 Å². The fourth-order valence-electron chi connectivity index (χ4n) is 2.50. The molecule has 1 aromatic rings. The maximum atomic E-state index is 12.1. The molecule has 2 atom stereocenters. The van der Waals surface area contributed by atoms with E-state index in [1.807, 2.05) is 32.3 Å². The average Bonchev–Trinajstić information content (AvgIpc) is 3.06. The first-order valence-corrected chi connectivity index (χ1v) is 8.25. The Morgan fingerprint density at radius 3 is 2.86 bits per heavy atom. The number of thiazole rings is 1. The summed E-state index contributed by atoms with van der Waals surface area (Å²) in [6.07, 6.45) is 2.61. The van der Waals surface area contributed by atoms with Gasteiger partial charge in [-0.1, -0.05) is 0 Å². The maximum absolute atomic E-state index is 12.1. The minimum absolute atomic E-state index is 0.208. The first-order chi connectivity index (χ1) is 9.78. The van der Waals surface area contributed by atoms with Crippen LogP contribution < -0.4 is 0 Å². The standard InChI is InChI=1S/C15H25N3O2S/c1-11(13-16-7-9-21-13)17(5)12-6-8-18(10-12)14(19)20-15(2,3)4/h7,9,11-12H,6,8,10H2,1-5H3/t11-,12+/m0/s1. The van der Waals surface area contributed by atoms with Gasteiger partial charge in [-0.05, 0) is 41.2 Å². The van der Waals surface area contributed by atoms with E-state index in [4.69, 9.17) is 4.74 Å². The molecule has 0 aliphatic carbocycles. The molecule has 0 radical (unpaired) electrons. The summed E-state index contributed by atoms with van der Waals surface area (Å²) in [5, 5.41) is 3.12. The van der Waals surface area contributed by atoms with Gasteiger partial charge < -0.3 is 9.64 Å². The number of likely N-dealkylation sites (N-methyl/N-ethyl adjacent to an activating group) is 1. The molecule has 1 saturated heterocycles. The van der Waals surface area contributed by atoms with Crippen molar-refractivity contribution in [3.8, 4) is 0 Å². The lowest BCUT2D eigenvalue weighted by Crippen LogP contribution is -2.39. The minimum atomic E-state index is -0.435. The zero-order chi connectivity index (χ0) is 15.6. The Balaban J connectivity index is 1.91. The van der Waals surface area contributed by atoms with Crippen molar-refractivity contribution in [3.63, 3.8) is 0 Å². The van der Waals surface area contributed by atoms with E-state index in [9.17, 15) is 4.79 Å². The SMILES string of the molecule is C[C@@H](c1nccs1)N(C)[C@@H]1CCN(C(=O)OC(C)(C)C)C1. The molecule has 0 bridgehead atoms. The number of carbonyl (C=O) groups is 1. The molecule has 2 heterocycles. The molecule has 0 N–H and O–H groups in total. The van der Waals surface area contributed by atoms with Crippen LogP contribution in [0, 0.1) is 0 Å². The van der Waals surface area contributed by atoms with E-state index in [2.05, 4.69) is 23.9 Å². The van der Waals surface area contributed by atoms with Crippen LogP contribution in [0.25, 0.3) is 0 Å². The summed E-state index contributed by atoms with van der Waals surface area (Å²) < 4.78 is 5.44. The summed E-state index contributed by atoms with van der Waals surface area (Å²) in [6, 6.07) is 0.630. The van der Waals surface area contributed by atoms with Gasteiger partial charge in [0.25, 0.3) is 0 Å². The van der Waals surface area contributed by atoms with Crippen molar-refractivity contribution < 1.29 is 9.53 Å². The number of nitrogens with zero attached hydrogens (tertiary/aromatic N) is 3. The van der Waals surface area contributed by atoms with Gasteiger partial charge in [0, 0.05) is 30.7 Å². The number of amides is 1. The van der Waals surface area contributed by atoms with Crippen LogP contribution in [0.1, 0.15) is 45.2 Å². The van der Waals surface area contributed by atoms with Crippen molar-refractivity contribution in [2.45, 2.75) is 51.8 Å². The zero-order valence-corrected chi connectivity index (χ0v) is 14.3. The predicted octanol–water partition coefficient (Wildman–Crippen LogP) is 3.15. The Bertz CT molecular complexity index is 470. The summed E-state index contributed by atoms with van der Waals surface area (Å²) in [7, 11) is 2.11. The summed E-state index contributed by atoms with van der Waals surface area (Å²) >= 11 is 1.68. The third kappa shape index (κ3) is 4.17. The Morgan fingerprint density at radius 2 is 2.29 bits per heavy atom. The Labute approximate surface area is 130 Å². The monoisotopic (exact) mass is 311 g/mol. The van der Waals surface area contributed by atoms with E-state index in [0.29, 0.717) is 6.04 Å². The molecule has 118 valence electrons. The highest BCUT2D eigenvalue weighted by atomic mass is 32.1. The van der Waals surface area contributed by atoms with Crippen LogP contribution in [0.4, 0.5) is 4.79 Å². The lowest BCUT2D eigenvalue weighted by atomic mass is 10.2. The van der Waals surface area contributed by atoms with Crippen LogP contribution in [0.15, 0.2) is 11.6 Å². The second kappa shape index (κ2) is 6.32. The highest BCUT2D eigenvalue weighted by Crippen LogP contribution is 2.27. The van der Waals surface area contributed by atoms with Gasteiger partial charge in [-0.2, -0.15) is 0 Å². The van der Waals surface area contributed by atoms with Crippen molar-refractivity contribution >= 4 is 17.4 Å². The van der Waals surface area contributed by atoms with Crippen molar-refractivity contribution in [2.75, 3.05) is 20.1 Å². The highest BCUT2D eigenvalue weighted by molar-refractivity contribution is 7.09. The average molecular weight is 311 g/mol. The van der Waals surface area contributed by atoms with Crippen molar-refractivity contribution in [1.29, 1.82) is 0 Å². The highest BCUT2D eigenvalue weighted by Gasteiger charge is 2.33. The van der Waals surface area contributed by atoms with Crippen LogP contribution in [0.5, 0.6) is 0 Å². The van der Waals surface area contributed by atoms with E-state index in [-0.39, 0.29) is 12.1 Å². The smallest absolute Gasteiger partial charge is 0.410 e. The molecular formula is C15H25N3O2S. The van der Waals surface area contributed by atoms with Crippen LogP contribution in [0.3, 0.4) is 0 Å². The third-order valence-corrected chi connectivity index (χ3v) is 4.76. The number of likely N-dealkylation sites (tertiary alicyclic amines) is 1. The third-order valence-electron chi connectivity index (χ3n) is 3.81. The fourth-order valence-corrected chi connectivity index (χ4v) is 3.24. The van der Waals surface area contributed by atoms with Crippen LogP contribution >= 0.6 is 11.3 Å². The van der Waals surface area contributed by atoms with Crippen LogP contribution in [0.2, 0.25) is 0 Å². The normalized spacial score (nSPS) is 20.9. The first-order valence-electron chi connectivity index (χ1n) is 7.37. The number of aromatic nitrogens is 1. The molecule has 1 fully saturated rings. The minimum Gasteiger partial charge on any atom is -0.444 e. The van der Waals surface area contributed by atoms with Gasteiger partial charge in [0.05, 0.1) is 6.04 Å². The van der Waals surface area contributed by atoms with E-state index < -0.39 is 5.60 Å². The number of hydrogen-bond donors (Lipinski definition) is 0. The topological polar surface area (TPSA) is 45.7 Å². The van der Waals surface area contributed by atoms with Gasteiger partial charge in [0.2, 0.25) is 0 Å². The first kappa shape index (κ1) is 16.2. The van der Waals surface area contributed by atoms with Gasteiger partial charge in [-0.25, -0.2) is 9.78 Å². The molecule has 1 aliphatic heterocycles. The van der Waals surface area contributed by atoms with Gasteiger partial charge in [-0.3, -0.25) is 4.90 Å².